The van der Waals surface area contributed by atoms with Crippen LogP contribution in [0.3, 0.4) is 0 Å². The maximum atomic E-state index is 12.6. The predicted octanol–water partition coefficient (Wildman–Crippen LogP) is 2.45. The largest absolute Gasteiger partial charge is 0.384 e. The number of hydrogen-bond donors (Lipinski definition) is 3. The maximum Gasteiger partial charge on any atom is 0.251 e. The van der Waals surface area contributed by atoms with Crippen LogP contribution in [0.1, 0.15) is 36.5 Å². The molecule has 3 rings (SSSR count). The van der Waals surface area contributed by atoms with Gasteiger partial charge < -0.3 is 20.7 Å². The Kier molecular flexibility index (Phi) is 7.65. The van der Waals surface area contributed by atoms with Crippen LogP contribution in [-0.4, -0.2) is 45.2 Å². The Bertz CT molecular complexity index is 656. The van der Waals surface area contributed by atoms with Gasteiger partial charge in [0.25, 0.3) is 5.91 Å². The average Bonchev–Trinajstić information content (AvgIpc) is 3.38. The van der Waals surface area contributed by atoms with E-state index in [-0.39, 0.29) is 35.6 Å². The van der Waals surface area contributed by atoms with Gasteiger partial charge >= 0.3 is 0 Å². The molecule has 1 saturated heterocycles. The third-order valence-corrected chi connectivity index (χ3v) is 5.58. The Morgan fingerprint density at radius 3 is 2.63 bits per heavy atom. The van der Waals surface area contributed by atoms with Crippen molar-refractivity contribution in [3.63, 3.8) is 0 Å². The fraction of sp³-hybridized carbons (Fsp3) is 0.600. The highest BCUT2D eigenvalue weighted by atomic mass is 35.5. The first-order valence-electron chi connectivity index (χ1n) is 9.42. The zero-order valence-electron chi connectivity index (χ0n) is 16.0. The van der Waals surface area contributed by atoms with E-state index in [4.69, 9.17) is 4.74 Å². The maximum absolute atomic E-state index is 12.6. The molecule has 1 aromatic carbocycles. The van der Waals surface area contributed by atoms with Crippen molar-refractivity contribution in [3.8, 4) is 0 Å². The smallest absolute Gasteiger partial charge is 0.251 e. The Labute approximate surface area is 167 Å². The van der Waals surface area contributed by atoms with Crippen molar-refractivity contribution in [1.82, 2.24) is 10.6 Å². The number of halogens is 1. The summed E-state index contributed by atoms with van der Waals surface area (Å²) < 4.78 is 5.40. The topological polar surface area (TPSA) is 79.5 Å². The molecule has 1 aliphatic carbocycles. The van der Waals surface area contributed by atoms with Gasteiger partial charge in [0.05, 0.1) is 6.61 Å². The van der Waals surface area contributed by atoms with Crippen molar-refractivity contribution in [3.05, 3.63) is 29.8 Å². The van der Waals surface area contributed by atoms with Gasteiger partial charge in [-0.1, -0.05) is 13.0 Å². The molecule has 2 amide bonds. The predicted molar refractivity (Wildman–Crippen MR) is 108 cm³/mol. The summed E-state index contributed by atoms with van der Waals surface area (Å²) in [6.07, 6.45) is 2.91. The summed E-state index contributed by atoms with van der Waals surface area (Å²) in [5.74, 6) is 0.503. The zero-order valence-corrected chi connectivity index (χ0v) is 16.9. The number of piperidine rings is 1. The van der Waals surface area contributed by atoms with E-state index in [1.807, 2.05) is 6.07 Å². The highest BCUT2D eigenvalue weighted by Crippen LogP contribution is 2.38. The van der Waals surface area contributed by atoms with Crippen LogP contribution in [0.2, 0.25) is 0 Å². The Morgan fingerprint density at radius 1 is 1.30 bits per heavy atom. The number of benzene rings is 1. The summed E-state index contributed by atoms with van der Waals surface area (Å²) >= 11 is 0. The van der Waals surface area contributed by atoms with Crippen molar-refractivity contribution in [2.24, 2.45) is 17.3 Å². The summed E-state index contributed by atoms with van der Waals surface area (Å²) in [5.41, 5.74) is 1.23. The number of methoxy groups -OCH3 is 1. The van der Waals surface area contributed by atoms with Gasteiger partial charge in [0.2, 0.25) is 5.91 Å². The van der Waals surface area contributed by atoms with Gasteiger partial charge in [-0.2, -0.15) is 0 Å². The number of nitrogens with one attached hydrogen (secondary N) is 3. The van der Waals surface area contributed by atoms with E-state index in [1.165, 1.54) is 0 Å². The third kappa shape index (κ3) is 5.67. The van der Waals surface area contributed by atoms with Gasteiger partial charge in [-0.05, 0) is 56.5 Å². The lowest BCUT2D eigenvalue weighted by Gasteiger charge is -2.37. The highest BCUT2D eigenvalue weighted by Gasteiger charge is 2.39. The first-order valence-corrected chi connectivity index (χ1v) is 9.42. The standard InChI is InChI=1S/C20H29N3O3.ClH/c1-14-10-17(14)19(25)23-16-5-3-4-15(11-16)18(24)22-12-20(13-26-2)6-8-21-9-7-20;/h3-5,11,14,17,21H,6-10,12-13H2,1-2H3,(H,22,24)(H,23,25);1H. The molecule has 2 atom stereocenters. The first-order chi connectivity index (χ1) is 12.5. The zero-order chi connectivity index (χ0) is 18.6. The molecule has 1 aromatic rings. The van der Waals surface area contributed by atoms with E-state index in [1.54, 1.807) is 25.3 Å². The molecule has 2 unspecified atom stereocenters. The molecule has 0 aromatic heterocycles. The summed E-state index contributed by atoms with van der Waals surface area (Å²) in [7, 11) is 1.71. The summed E-state index contributed by atoms with van der Waals surface area (Å²) in [6, 6.07) is 7.14. The second-order valence-electron chi connectivity index (χ2n) is 7.76. The van der Waals surface area contributed by atoms with Crippen LogP contribution < -0.4 is 16.0 Å². The first kappa shape index (κ1) is 21.7. The molecule has 1 heterocycles. The third-order valence-electron chi connectivity index (χ3n) is 5.58. The molecule has 150 valence electrons. The Balaban J connectivity index is 0.00000261. The molecular weight excluding hydrogens is 366 g/mol. The number of ether oxygens (including phenoxy) is 1. The normalized spacial score (nSPS) is 23.0. The van der Waals surface area contributed by atoms with Crippen LogP contribution in [0.4, 0.5) is 5.69 Å². The van der Waals surface area contributed by atoms with Crippen LogP contribution >= 0.6 is 12.4 Å². The molecule has 0 bridgehead atoms. The number of carbonyl (C=O) groups is 2. The van der Waals surface area contributed by atoms with Crippen molar-refractivity contribution >= 4 is 29.9 Å². The van der Waals surface area contributed by atoms with E-state index in [0.717, 1.165) is 32.4 Å². The van der Waals surface area contributed by atoms with Crippen molar-refractivity contribution in [2.75, 3.05) is 38.7 Å². The minimum atomic E-state index is -0.116. The van der Waals surface area contributed by atoms with Gasteiger partial charge in [0, 0.05) is 36.2 Å². The number of amides is 2. The number of hydrogen-bond acceptors (Lipinski definition) is 4. The Hall–Kier alpha value is -1.63. The molecule has 2 fully saturated rings. The molecule has 2 aliphatic rings. The van der Waals surface area contributed by atoms with Gasteiger partial charge in [-0.3, -0.25) is 9.59 Å². The highest BCUT2D eigenvalue weighted by molar-refractivity contribution is 5.98. The number of rotatable bonds is 7. The van der Waals surface area contributed by atoms with Crippen molar-refractivity contribution in [1.29, 1.82) is 0 Å². The van der Waals surface area contributed by atoms with Crippen molar-refractivity contribution in [2.45, 2.75) is 26.2 Å². The van der Waals surface area contributed by atoms with Crippen LogP contribution in [-0.2, 0) is 9.53 Å². The molecule has 7 heteroatoms. The van der Waals surface area contributed by atoms with Gasteiger partial charge in [-0.15, -0.1) is 12.4 Å². The number of carbonyl (C=O) groups excluding carboxylic acids is 2. The lowest BCUT2D eigenvalue weighted by atomic mass is 9.79. The van der Waals surface area contributed by atoms with Crippen molar-refractivity contribution < 1.29 is 14.3 Å². The van der Waals surface area contributed by atoms with E-state index in [9.17, 15) is 9.59 Å². The molecular formula is C20H30ClN3O3. The molecule has 6 nitrogen and oxygen atoms in total. The fourth-order valence-corrected chi connectivity index (χ4v) is 3.67. The molecule has 0 spiro atoms. The van der Waals surface area contributed by atoms with Crippen LogP contribution in [0.5, 0.6) is 0 Å². The molecule has 0 radical (unpaired) electrons. The lowest BCUT2D eigenvalue weighted by Crippen LogP contribution is -2.47. The summed E-state index contributed by atoms with van der Waals surface area (Å²) in [6.45, 7) is 5.20. The van der Waals surface area contributed by atoms with Gasteiger partial charge in [0.1, 0.15) is 0 Å². The SMILES string of the molecule is COCC1(CNC(=O)c2cccc(NC(=O)C3CC3C)c2)CCNCC1.Cl. The minimum absolute atomic E-state index is 0. The van der Waals surface area contributed by atoms with Crippen LogP contribution in [0.25, 0.3) is 0 Å². The molecule has 1 saturated carbocycles. The van der Waals surface area contributed by atoms with Gasteiger partial charge in [-0.25, -0.2) is 0 Å². The van der Waals surface area contributed by atoms with Crippen LogP contribution in [0.15, 0.2) is 24.3 Å². The van der Waals surface area contributed by atoms with Crippen LogP contribution in [0, 0.1) is 17.3 Å². The monoisotopic (exact) mass is 395 g/mol. The minimum Gasteiger partial charge on any atom is -0.384 e. The lowest BCUT2D eigenvalue weighted by molar-refractivity contribution is -0.117. The average molecular weight is 396 g/mol. The Morgan fingerprint density at radius 2 is 2.00 bits per heavy atom. The van der Waals surface area contributed by atoms with E-state index in [2.05, 4.69) is 22.9 Å². The molecule has 3 N–H and O–H groups in total. The van der Waals surface area contributed by atoms with E-state index >= 15 is 0 Å². The summed E-state index contributed by atoms with van der Waals surface area (Å²) in [5, 5.41) is 9.32. The van der Waals surface area contributed by atoms with E-state index < -0.39 is 0 Å². The van der Waals surface area contributed by atoms with Gasteiger partial charge in [0.15, 0.2) is 0 Å². The van der Waals surface area contributed by atoms with E-state index in [0.29, 0.717) is 30.3 Å². The molecule has 1 aliphatic heterocycles. The molecule has 27 heavy (non-hydrogen) atoms. The number of anilines is 1. The second-order valence-corrected chi connectivity index (χ2v) is 7.76. The quantitative estimate of drug-likeness (QED) is 0.662. The second kappa shape index (κ2) is 9.53. The summed E-state index contributed by atoms with van der Waals surface area (Å²) in [4.78, 5) is 24.7. The fourth-order valence-electron chi connectivity index (χ4n) is 3.67.